The average molecular weight is 502 g/mol. The van der Waals surface area contributed by atoms with E-state index in [0.29, 0.717) is 15.7 Å². The second-order valence-corrected chi connectivity index (χ2v) is 8.99. The van der Waals surface area contributed by atoms with E-state index < -0.39 is 0 Å². The summed E-state index contributed by atoms with van der Waals surface area (Å²) in [5.41, 5.74) is 3.20. The van der Waals surface area contributed by atoms with Gasteiger partial charge in [0, 0.05) is 49.0 Å². The molecule has 0 bridgehead atoms. The van der Waals surface area contributed by atoms with Crippen molar-refractivity contribution in [2.24, 2.45) is 0 Å². The molecule has 1 fully saturated rings. The second-order valence-electron chi connectivity index (χ2n) is 7.73. The minimum Gasteiger partial charge on any atom is -0.367 e. The van der Waals surface area contributed by atoms with Gasteiger partial charge in [0.2, 0.25) is 0 Å². The summed E-state index contributed by atoms with van der Waals surface area (Å²) in [5, 5.41) is 4.70. The van der Waals surface area contributed by atoms with Gasteiger partial charge in [-0.15, -0.1) is 0 Å². The summed E-state index contributed by atoms with van der Waals surface area (Å²) in [6.07, 6.45) is 5.74. The van der Waals surface area contributed by atoms with E-state index in [4.69, 9.17) is 34.8 Å². The fraction of sp³-hybridized carbons (Fsp3) is 0.200. The number of aromatic nitrogens is 1. The molecule has 1 N–H and O–H groups in total. The molecule has 1 aliphatic rings. The number of amides is 1. The Morgan fingerprint density at radius 3 is 2.36 bits per heavy atom. The van der Waals surface area contributed by atoms with Crippen LogP contribution in [0.15, 0.2) is 66.9 Å². The summed E-state index contributed by atoms with van der Waals surface area (Å²) in [4.78, 5) is 21.3. The quantitative estimate of drug-likeness (QED) is 0.413. The molecule has 0 aliphatic carbocycles. The molecule has 8 heteroatoms. The molecule has 0 saturated carbocycles. The van der Waals surface area contributed by atoms with Crippen molar-refractivity contribution < 1.29 is 4.79 Å². The number of hydrogen-bond acceptors (Lipinski definition) is 4. The van der Waals surface area contributed by atoms with Crippen LogP contribution in [0.25, 0.3) is 6.08 Å². The number of hydrogen-bond donors (Lipinski definition) is 1. The molecule has 1 saturated heterocycles. The molecule has 2 aromatic carbocycles. The highest BCUT2D eigenvalue weighted by Gasteiger charge is 2.20. The molecule has 0 atom stereocenters. The Morgan fingerprint density at radius 2 is 1.67 bits per heavy atom. The maximum absolute atomic E-state index is 12.7. The molecule has 170 valence electrons. The van der Waals surface area contributed by atoms with Gasteiger partial charge < -0.3 is 10.2 Å². The molecule has 2 heterocycles. The monoisotopic (exact) mass is 500 g/mol. The molecule has 33 heavy (non-hydrogen) atoms. The third-order valence-corrected chi connectivity index (χ3v) is 6.17. The van der Waals surface area contributed by atoms with Gasteiger partial charge in [0.1, 0.15) is 5.15 Å². The maximum Gasteiger partial charge on any atom is 0.257 e. The van der Waals surface area contributed by atoms with E-state index in [1.807, 2.05) is 36.4 Å². The van der Waals surface area contributed by atoms with Crippen LogP contribution < -0.4 is 10.2 Å². The van der Waals surface area contributed by atoms with Gasteiger partial charge in [0.25, 0.3) is 5.91 Å². The lowest BCUT2D eigenvalue weighted by Gasteiger charge is -2.36. The van der Waals surface area contributed by atoms with E-state index in [1.54, 1.807) is 18.2 Å². The van der Waals surface area contributed by atoms with Crippen molar-refractivity contribution in [2.45, 2.75) is 0 Å². The number of nitrogens with zero attached hydrogens (tertiary/aromatic N) is 3. The number of carbonyl (C=O) groups excluding carboxylic acids is 1. The van der Waals surface area contributed by atoms with E-state index in [-0.39, 0.29) is 5.91 Å². The predicted molar refractivity (Wildman–Crippen MR) is 138 cm³/mol. The zero-order chi connectivity index (χ0) is 23.2. The van der Waals surface area contributed by atoms with Gasteiger partial charge in [-0.25, -0.2) is 4.98 Å². The van der Waals surface area contributed by atoms with Crippen LogP contribution in [0.1, 0.15) is 15.9 Å². The van der Waals surface area contributed by atoms with Crippen molar-refractivity contribution >= 4 is 58.2 Å². The Morgan fingerprint density at radius 1 is 0.939 bits per heavy atom. The Balaban J connectivity index is 1.37. The van der Waals surface area contributed by atoms with Crippen LogP contribution in [-0.2, 0) is 0 Å². The van der Waals surface area contributed by atoms with E-state index in [9.17, 15) is 4.79 Å². The van der Waals surface area contributed by atoms with E-state index in [2.05, 4.69) is 32.3 Å². The van der Waals surface area contributed by atoms with E-state index in [0.717, 1.165) is 54.7 Å². The molecule has 1 amide bonds. The number of benzene rings is 2. The van der Waals surface area contributed by atoms with Crippen LogP contribution in [0.2, 0.25) is 15.2 Å². The summed E-state index contributed by atoms with van der Waals surface area (Å²) in [6.45, 7) is 4.36. The van der Waals surface area contributed by atoms with Gasteiger partial charge in [-0.2, -0.15) is 0 Å². The van der Waals surface area contributed by atoms with Crippen LogP contribution in [-0.4, -0.2) is 48.5 Å². The number of piperazine rings is 1. The second kappa shape index (κ2) is 11.0. The van der Waals surface area contributed by atoms with Crippen LogP contribution in [0.5, 0.6) is 0 Å². The number of halogens is 3. The zero-order valence-electron chi connectivity index (χ0n) is 17.8. The van der Waals surface area contributed by atoms with Gasteiger partial charge in [0.05, 0.1) is 16.9 Å². The predicted octanol–water partition coefficient (Wildman–Crippen LogP) is 6.13. The smallest absolute Gasteiger partial charge is 0.257 e. The number of carbonyl (C=O) groups is 1. The molecule has 1 aromatic heterocycles. The molecule has 3 aromatic rings. The van der Waals surface area contributed by atoms with Crippen LogP contribution in [0.3, 0.4) is 0 Å². The molecule has 0 spiro atoms. The Bertz CT molecular complexity index is 1130. The van der Waals surface area contributed by atoms with Crippen LogP contribution in [0, 0.1) is 0 Å². The topological polar surface area (TPSA) is 48.5 Å². The average Bonchev–Trinajstić information content (AvgIpc) is 2.82. The fourth-order valence-corrected chi connectivity index (χ4v) is 4.06. The first-order valence-corrected chi connectivity index (χ1v) is 11.7. The van der Waals surface area contributed by atoms with Gasteiger partial charge >= 0.3 is 0 Å². The van der Waals surface area contributed by atoms with Crippen molar-refractivity contribution in [1.82, 2.24) is 9.88 Å². The molecular weight excluding hydrogens is 479 g/mol. The molecule has 4 rings (SSSR count). The van der Waals surface area contributed by atoms with Crippen molar-refractivity contribution in [1.29, 1.82) is 0 Å². The summed E-state index contributed by atoms with van der Waals surface area (Å²) in [5.74, 6) is -0.242. The first-order chi connectivity index (χ1) is 16.0. The highest BCUT2D eigenvalue weighted by Crippen LogP contribution is 2.30. The van der Waals surface area contributed by atoms with Crippen molar-refractivity contribution in [3.05, 3.63) is 93.2 Å². The summed E-state index contributed by atoms with van der Waals surface area (Å²) < 4.78 is 0. The summed E-state index contributed by atoms with van der Waals surface area (Å²) >= 11 is 18.0. The summed E-state index contributed by atoms with van der Waals surface area (Å²) in [7, 11) is 0. The maximum atomic E-state index is 12.7. The molecule has 5 nitrogen and oxygen atoms in total. The van der Waals surface area contributed by atoms with Gasteiger partial charge in [0.15, 0.2) is 0 Å². The number of anilines is 2. The highest BCUT2D eigenvalue weighted by molar-refractivity contribution is 6.31. The normalized spacial score (nSPS) is 14.6. The zero-order valence-corrected chi connectivity index (χ0v) is 20.1. The van der Waals surface area contributed by atoms with Crippen LogP contribution in [0.4, 0.5) is 11.4 Å². The molecule has 0 radical (unpaired) electrons. The Hall–Kier alpha value is -2.57. The Kier molecular flexibility index (Phi) is 7.89. The summed E-state index contributed by atoms with van der Waals surface area (Å²) in [6, 6.07) is 16.6. The minimum absolute atomic E-state index is 0.242. The first-order valence-electron chi connectivity index (χ1n) is 10.6. The third-order valence-electron chi connectivity index (χ3n) is 5.45. The third kappa shape index (κ3) is 6.49. The molecule has 1 aliphatic heterocycles. The lowest BCUT2D eigenvalue weighted by Crippen LogP contribution is -2.46. The number of pyridine rings is 1. The molecule has 0 unspecified atom stereocenters. The minimum atomic E-state index is -0.242. The van der Waals surface area contributed by atoms with E-state index >= 15 is 0 Å². The van der Waals surface area contributed by atoms with Gasteiger partial charge in [-0.05, 0) is 48.0 Å². The van der Waals surface area contributed by atoms with Crippen molar-refractivity contribution in [2.75, 3.05) is 42.9 Å². The standard InChI is InChI=1S/C25H23Cl3N4O/c26-20-6-3-18(4-7-20)2-1-11-31-12-14-32(15-13-31)23-16-21(27)8-9-22(23)30-25(33)19-5-10-24(28)29-17-19/h1-10,16-17H,11-15H2,(H,30,33). The number of nitrogens with one attached hydrogen (secondary N) is 1. The van der Waals surface area contributed by atoms with Gasteiger partial charge in [-0.3, -0.25) is 9.69 Å². The van der Waals surface area contributed by atoms with Crippen LogP contribution >= 0.6 is 34.8 Å². The van der Waals surface area contributed by atoms with Crippen molar-refractivity contribution in [3.8, 4) is 0 Å². The largest absolute Gasteiger partial charge is 0.367 e. The first kappa shape index (κ1) is 23.6. The highest BCUT2D eigenvalue weighted by atomic mass is 35.5. The van der Waals surface area contributed by atoms with Crippen molar-refractivity contribution in [3.63, 3.8) is 0 Å². The SMILES string of the molecule is O=C(Nc1ccc(Cl)cc1N1CCN(CC=Cc2ccc(Cl)cc2)CC1)c1ccc(Cl)nc1. The van der Waals surface area contributed by atoms with E-state index in [1.165, 1.54) is 6.20 Å². The lowest BCUT2D eigenvalue weighted by molar-refractivity contribution is 0.102. The Labute approximate surface area is 208 Å². The lowest BCUT2D eigenvalue weighted by atomic mass is 10.2. The van der Waals surface area contributed by atoms with Gasteiger partial charge in [-0.1, -0.05) is 59.1 Å². The number of rotatable bonds is 6. The molecular formula is C25H23Cl3N4O. The fourth-order valence-electron chi connectivity index (χ4n) is 3.66.